The van der Waals surface area contributed by atoms with Gasteiger partial charge in [-0.25, -0.2) is 4.39 Å². The Bertz CT molecular complexity index is 400. The molecule has 1 heterocycles. The first-order valence-electron chi connectivity index (χ1n) is 5.88. The van der Waals surface area contributed by atoms with Gasteiger partial charge in [0.25, 0.3) is 0 Å². The van der Waals surface area contributed by atoms with E-state index in [9.17, 15) is 9.18 Å². The number of Topliss-reactive ketones (excluding diaryl/α,β-unsaturated/α-hetero) is 1. The molecule has 1 aliphatic rings. The summed E-state index contributed by atoms with van der Waals surface area (Å²) in [5, 5.41) is 0. The van der Waals surface area contributed by atoms with Crippen LogP contribution >= 0.6 is 0 Å². The summed E-state index contributed by atoms with van der Waals surface area (Å²) >= 11 is 0. The van der Waals surface area contributed by atoms with E-state index in [4.69, 9.17) is 0 Å². The molecule has 0 radical (unpaired) electrons. The molecule has 0 aromatic heterocycles. The van der Waals surface area contributed by atoms with E-state index in [1.165, 1.54) is 6.07 Å². The van der Waals surface area contributed by atoms with Crippen LogP contribution in [0.25, 0.3) is 0 Å². The largest absolute Gasteiger partial charge is 0.367 e. The van der Waals surface area contributed by atoms with E-state index in [0.29, 0.717) is 12.2 Å². The van der Waals surface area contributed by atoms with Crippen LogP contribution in [0.3, 0.4) is 0 Å². The van der Waals surface area contributed by atoms with Gasteiger partial charge in [-0.15, -0.1) is 0 Å². The van der Waals surface area contributed by atoms with E-state index >= 15 is 0 Å². The summed E-state index contributed by atoms with van der Waals surface area (Å²) in [5.74, 6) is 0.0110. The number of nitrogens with zero attached hydrogens (tertiary/aromatic N) is 2. The third-order valence-electron chi connectivity index (χ3n) is 3.01. The Kier molecular flexibility index (Phi) is 3.74. The molecule has 0 atom stereocenters. The van der Waals surface area contributed by atoms with E-state index in [1.54, 1.807) is 19.1 Å². The summed E-state index contributed by atoms with van der Waals surface area (Å²) in [4.78, 5) is 15.1. The highest BCUT2D eigenvalue weighted by molar-refractivity contribution is 5.77. The Labute approximate surface area is 101 Å². The lowest BCUT2D eigenvalue weighted by Gasteiger charge is -2.35. The number of halogens is 1. The summed E-state index contributed by atoms with van der Waals surface area (Å²) in [6.07, 6.45) is 0. The lowest BCUT2D eigenvalue weighted by molar-refractivity contribution is -0.118. The van der Waals surface area contributed by atoms with Crippen molar-refractivity contribution in [3.05, 3.63) is 30.1 Å². The number of carbonyl (C=O) groups excluding carboxylic acids is 1. The highest BCUT2D eigenvalue weighted by Gasteiger charge is 2.19. The Morgan fingerprint density at radius 1 is 1.24 bits per heavy atom. The third-order valence-corrected chi connectivity index (χ3v) is 3.01. The summed E-state index contributed by atoms with van der Waals surface area (Å²) in [6, 6.07) is 6.83. The Morgan fingerprint density at radius 2 is 1.88 bits per heavy atom. The number of para-hydroxylation sites is 1. The molecule has 0 amide bonds. The maximum Gasteiger partial charge on any atom is 0.146 e. The molecule has 92 valence electrons. The van der Waals surface area contributed by atoms with Gasteiger partial charge in [-0.2, -0.15) is 0 Å². The molecule has 1 fully saturated rings. The molecule has 1 saturated heterocycles. The van der Waals surface area contributed by atoms with Gasteiger partial charge >= 0.3 is 0 Å². The maximum atomic E-state index is 13.6. The zero-order chi connectivity index (χ0) is 12.3. The minimum absolute atomic E-state index is 0.174. The number of benzene rings is 1. The Morgan fingerprint density at radius 3 is 2.47 bits per heavy atom. The molecule has 0 spiro atoms. The smallest absolute Gasteiger partial charge is 0.146 e. The topological polar surface area (TPSA) is 23.6 Å². The fourth-order valence-corrected chi connectivity index (χ4v) is 2.17. The number of hydrogen-bond donors (Lipinski definition) is 0. The van der Waals surface area contributed by atoms with Gasteiger partial charge in [0.15, 0.2) is 0 Å². The van der Waals surface area contributed by atoms with E-state index in [1.807, 2.05) is 11.0 Å². The molecular weight excluding hydrogens is 219 g/mol. The van der Waals surface area contributed by atoms with E-state index in [-0.39, 0.29) is 11.6 Å². The Balaban J connectivity index is 1.95. The van der Waals surface area contributed by atoms with E-state index < -0.39 is 0 Å². The van der Waals surface area contributed by atoms with Crippen molar-refractivity contribution in [2.24, 2.45) is 0 Å². The van der Waals surface area contributed by atoms with E-state index in [2.05, 4.69) is 4.90 Å². The molecule has 0 saturated carbocycles. The fraction of sp³-hybridized carbons (Fsp3) is 0.462. The number of hydrogen-bond acceptors (Lipinski definition) is 3. The standard InChI is InChI=1S/C13H17FN2O/c1-11(17)10-15-6-8-16(9-7-15)13-5-3-2-4-12(13)14/h2-5H,6-10H2,1H3. The average molecular weight is 236 g/mol. The minimum Gasteiger partial charge on any atom is -0.367 e. The van der Waals surface area contributed by atoms with Gasteiger partial charge in [0.1, 0.15) is 11.6 Å². The van der Waals surface area contributed by atoms with Crippen LogP contribution in [0.4, 0.5) is 10.1 Å². The monoisotopic (exact) mass is 236 g/mol. The zero-order valence-corrected chi connectivity index (χ0v) is 10.0. The quantitative estimate of drug-likeness (QED) is 0.795. The van der Waals surface area contributed by atoms with Crippen molar-refractivity contribution >= 4 is 11.5 Å². The summed E-state index contributed by atoms with van der Waals surface area (Å²) in [6.45, 7) is 5.28. The molecule has 0 unspecified atom stereocenters. The van der Waals surface area contributed by atoms with Crippen LogP contribution in [0.5, 0.6) is 0 Å². The second-order valence-electron chi connectivity index (χ2n) is 4.42. The first kappa shape index (κ1) is 12.0. The molecule has 3 nitrogen and oxygen atoms in total. The molecule has 4 heteroatoms. The molecule has 1 aromatic carbocycles. The van der Waals surface area contributed by atoms with Crippen LogP contribution in [-0.2, 0) is 4.79 Å². The summed E-state index contributed by atoms with van der Waals surface area (Å²) in [5.41, 5.74) is 0.662. The molecule has 17 heavy (non-hydrogen) atoms. The maximum absolute atomic E-state index is 13.6. The van der Waals surface area contributed by atoms with Crippen LogP contribution < -0.4 is 4.90 Å². The molecule has 0 aliphatic carbocycles. The number of ketones is 1. The van der Waals surface area contributed by atoms with Crippen LogP contribution in [0.2, 0.25) is 0 Å². The highest BCUT2D eigenvalue weighted by atomic mass is 19.1. The predicted molar refractivity (Wildman–Crippen MR) is 65.7 cm³/mol. The lowest BCUT2D eigenvalue weighted by Crippen LogP contribution is -2.48. The number of piperazine rings is 1. The number of rotatable bonds is 3. The van der Waals surface area contributed by atoms with Gasteiger partial charge in [-0.1, -0.05) is 12.1 Å². The van der Waals surface area contributed by atoms with Crippen molar-refractivity contribution in [1.29, 1.82) is 0 Å². The molecule has 0 N–H and O–H groups in total. The second-order valence-corrected chi connectivity index (χ2v) is 4.42. The average Bonchev–Trinajstić information content (AvgIpc) is 2.30. The van der Waals surface area contributed by atoms with Crippen molar-refractivity contribution in [2.45, 2.75) is 6.92 Å². The van der Waals surface area contributed by atoms with Crippen molar-refractivity contribution in [3.63, 3.8) is 0 Å². The fourth-order valence-electron chi connectivity index (χ4n) is 2.17. The first-order chi connectivity index (χ1) is 8.16. The second kappa shape index (κ2) is 5.27. The molecule has 1 aromatic rings. The van der Waals surface area contributed by atoms with Crippen molar-refractivity contribution in [2.75, 3.05) is 37.6 Å². The third kappa shape index (κ3) is 3.03. The zero-order valence-electron chi connectivity index (χ0n) is 10.0. The SMILES string of the molecule is CC(=O)CN1CCN(c2ccccc2F)CC1. The lowest BCUT2D eigenvalue weighted by atomic mass is 10.2. The first-order valence-corrected chi connectivity index (χ1v) is 5.88. The van der Waals surface area contributed by atoms with Gasteiger partial charge in [-0.05, 0) is 19.1 Å². The van der Waals surface area contributed by atoms with Crippen LogP contribution in [-0.4, -0.2) is 43.4 Å². The van der Waals surface area contributed by atoms with Gasteiger partial charge in [0.05, 0.1) is 12.2 Å². The van der Waals surface area contributed by atoms with E-state index in [0.717, 1.165) is 26.2 Å². The number of anilines is 1. The predicted octanol–water partition coefficient (Wildman–Crippen LogP) is 1.54. The van der Waals surface area contributed by atoms with Gasteiger partial charge in [0, 0.05) is 26.2 Å². The Hall–Kier alpha value is -1.42. The van der Waals surface area contributed by atoms with Crippen molar-refractivity contribution in [3.8, 4) is 0 Å². The highest BCUT2D eigenvalue weighted by Crippen LogP contribution is 2.19. The molecule has 0 bridgehead atoms. The van der Waals surface area contributed by atoms with Gasteiger partial charge in [-0.3, -0.25) is 9.69 Å². The molecule has 2 rings (SSSR count). The van der Waals surface area contributed by atoms with Crippen molar-refractivity contribution in [1.82, 2.24) is 4.90 Å². The molecular formula is C13H17FN2O. The van der Waals surface area contributed by atoms with Gasteiger partial charge < -0.3 is 4.90 Å². The normalized spacial score (nSPS) is 17.2. The van der Waals surface area contributed by atoms with Crippen LogP contribution in [0.1, 0.15) is 6.92 Å². The van der Waals surface area contributed by atoms with Crippen molar-refractivity contribution < 1.29 is 9.18 Å². The summed E-state index contributed by atoms with van der Waals surface area (Å²) in [7, 11) is 0. The number of carbonyl (C=O) groups is 1. The van der Waals surface area contributed by atoms with Crippen LogP contribution in [0.15, 0.2) is 24.3 Å². The summed E-state index contributed by atoms with van der Waals surface area (Å²) < 4.78 is 13.6. The molecule has 1 aliphatic heterocycles. The minimum atomic E-state index is -0.174. The van der Waals surface area contributed by atoms with Gasteiger partial charge in [0.2, 0.25) is 0 Å². The van der Waals surface area contributed by atoms with Crippen LogP contribution in [0, 0.1) is 5.82 Å².